The van der Waals surface area contributed by atoms with Gasteiger partial charge in [0.15, 0.2) is 0 Å². The van der Waals surface area contributed by atoms with E-state index in [0.29, 0.717) is 0 Å². The third-order valence-corrected chi connectivity index (χ3v) is 2.90. The number of halogens is 1. The summed E-state index contributed by atoms with van der Waals surface area (Å²) < 4.78 is 13.3. The number of aryl methyl sites for hydroxylation is 2. The Morgan fingerprint density at radius 3 is 2.58 bits per heavy atom. The smallest absolute Gasteiger partial charge is 0.255 e. The van der Waals surface area contributed by atoms with E-state index < -0.39 is 5.82 Å². The molecule has 0 aromatic heterocycles. The molecule has 3 N–H and O–H groups in total. The molecule has 0 spiro atoms. The Kier molecular flexibility index (Phi) is 3.51. The van der Waals surface area contributed by atoms with E-state index in [-0.39, 0.29) is 17.2 Å². The third-order valence-electron chi connectivity index (χ3n) is 2.90. The van der Waals surface area contributed by atoms with E-state index in [9.17, 15) is 9.18 Å². The van der Waals surface area contributed by atoms with Gasteiger partial charge in [-0.2, -0.15) is 0 Å². The van der Waals surface area contributed by atoms with Crippen molar-refractivity contribution in [1.82, 2.24) is 0 Å². The number of amides is 1. The van der Waals surface area contributed by atoms with Crippen molar-refractivity contribution in [2.75, 3.05) is 11.1 Å². The van der Waals surface area contributed by atoms with E-state index >= 15 is 0 Å². The molecule has 2 aromatic carbocycles. The van der Waals surface area contributed by atoms with Gasteiger partial charge >= 0.3 is 0 Å². The molecule has 0 saturated carbocycles. The molecule has 0 aliphatic rings. The summed E-state index contributed by atoms with van der Waals surface area (Å²) in [6, 6.07) is 9.78. The number of hydrogen-bond acceptors (Lipinski definition) is 2. The third kappa shape index (κ3) is 2.91. The van der Waals surface area contributed by atoms with Gasteiger partial charge in [0, 0.05) is 11.3 Å². The van der Waals surface area contributed by atoms with Crippen LogP contribution in [-0.4, -0.2) is 5.91 Å². The first-order valence-electron chi connectivity index (χ1n) is 5.91. The van der Waals surface area contributed by atoms with E-state index in [0.717, 1.165) is 22.9 Å². The van der Waals surface area contributed by atoms with Crippen molar-refractivity contribution in [3.8, 4) is 0 Å². The molecular weight excluding hydrogens is 243 g/mol. The topological polar surface area (TPSA) is 55.1 Å². The van der Waals surface area contributed by atoms with Crippen molar-refractivity contribution in [3.05, 3.63) is 58.9 Å². The van der Waals surface area contributed by atoms with Gasteiger partial charge in [0.05, 0.1) is 5.69 Å². The lowest BCUT2D eigenvalue weighted by molar-refractivity contribution is 0.102. The number of hydrogen-bond donors (Lipinski definition) is 2. The minimum Gasteiger partial charge on any atom is -0.396 e. The fourth-order valence-electron chi connectivity index (χ4n) is 1.73. The highest BCUT2D eigenvalue weighted by molar-refractivity contribution is 6.04. The molecule has 98 valence electrons. The Morgan fingerprint density at radius 2 is 1.89 bits per heavy atom. The lowest BCUT2D eigenvalue weighted by Crippen LogP contribution is -2.13. The lowest BCUT2D eigenvalue weighted by atomic mass is 10.1. The predicted octanol–water partition coefficient (Wildman–Crippen LogP) is 3.28. The second kappa shape index (κ2) is 5.10. The molecule has 0 saturated heterocycles. The summed E-state index contributed by atoms with van der Waals surface area (Å²) in [5.41, 5.74) is 8.38. The molecule has 2 aromatic rings. The van der Waals surface area contributed by atoms with Gasteiger partial charge in [-0.3, -0.25) is 4.79 Å². The molecule has 0 aliphatic carbocycles. The van der Waals surface area contributed by atoms with Crippen LogP contribution in [0.4, 0.5) is 15.8 Å². The van der Waals surface area contributed by atoms with Crippen LogP contribution in [0.15, 0.2) is 36.4 Å². The Balaban J connectivity index is 2.25. The minimum absolute atomic E-state index is 0.0308. The van der Waals surface area contributed by atoms with Crippen molar-refractivity contribution in [3.63, 3.8) is 0 Å². The molecule has 0 heterocycles. The van der Waals surface area contributed by atoms with Gasteiger partial charge in [0.2, 0.25) is 0 Å². The van der Waals surface area contributed by atoms with E-state index in [1.54, 1.807) is 0 Å². The highest BCUT2D eigenvalue weighted by atomic mass is 19.1. The summed E-state index contributed by atoms with van der Waals surface area (Å²) in [5, 5.41) is 2.77. The molecule has 0 unspecified atom stereocenters. The number of carbonyl (C=O) groups excluding carboxylic acids is 1. The number of nitrogens with two attached hydrogens (primary N) is 1. The van der Waals surface area contributed by atoms with Crippen LogP contribution in [0.3, 0.4) is 0 Å². The Bertz CT molecular complexity index is 638. The summed E-state index contributed by atoms with van der Waals surface area (Å²) in [5.74, 6) is -0.943. The van der Waals surface area contributed by atoms with Crippen molar-refractivity contribution in [2.24, 2.45) is 0 Å². The van der Waals surface area contributed by atoms with Gasteiger partial charge in [0.1, 0.15) is 5.82 Å². The van der Waals surface area contributed by atoms with E-state index in [1.165, 1.54) is 12.1 Å². The molecule has 0 aliphatic heterocycles. The second-order valence-electron chi connectivity index (χ2n) is 4.51. The maximum atomic E-state index is 13.3. The van der Waals surface area contributed by atoms with E-state index in [1.807, 2.05) is 32.0 Å². The average Bonchev–Trinajstić information content (AvgIpc) is 2.37. The second-order valence-corrected chi connectivity index (χ2v) is 4.51. The molecule has 4 heteroatoms. The van der Waals surface area contributed by atoms with Crippen molar-refractivity contribution in [2.45, 2.75) is 13.8 Å². The first kappa shape index (κ1) is 13.1. The molecule has 0 atom stereocenters. The standard InChI is InChI=1S/C15H15FN2O/c1-9-3-4-10(2)14(7-9)18-15(19)11-5-6-13(17)12(16)8-11/h3-8H,17H2,1-2H3,(H,18,19). The van der Waals surface area contributed by atoms with Crippen LogP contribution in [-0.2, 0) is 0 Å². The predicted molar refractivity (Wildman–Crippen MR) is 74.7 cm³/mol. The van der Waals surface area contributed by atoms with Gasteiger partial charge in [-0.25, -0.2) is 4.39 Å². The summed E-state index contributed by atoms with van der Waals surface area (Å²) in [6.07, 6.45) is 0. The summed E-state index contributed by atoms with van der Waals surface area (Å²) in [6.45, 7) is 3.84. The van der Waals surface area contributed by atoms with Gasteiger partial charge in [0.25, 0.3) is 5.91 Å². The van der Waals surface area contributed by atoms with Crippen LogP contribution >= 0.6 is 0 Å². The molecule has 0 bridgehead atoms. The van der Waals surface area contributed by atoms with Gasteiger partial charge in [-0.15, -0.1) is 0 Å². The first-order chi connectivity index (χ1) is 8.97. The normalized spacial score (nSPS) is 10.3. The Morgan fingerprint density at radius 1 is 1.16 bits per heavy atom. The van der Waals surface area contributed by atoms with Crippen LogP contribution in [0.25, 0.3) is 0 Å². The van der Waals surface area contributed by atoms with Crippen LogP contribution in [0.2, 0.25) is 0 Å². The number of nitrogen functional groups attached to an aromatic ring is 1. The highest BCUT2D eigenvalue weighted by Crippen LogP contribution is 2.18. The molecule has 1 amide bonds. The molecule has 2 rings (SSSR count). The monoisotopic (exact) mass is 258 g/mol. The van der Waals surface area contributed by atoms with Crippen LogP contribution < -0.4 is 11.1 Å². The lowest BCUT2D eigenvalue weighted by Gasteiger charge is -2.09. The van der Waals surface area contributed by atoms with E-state index in [2.05, 4.69) is 5.32 Å². The van der Waals surface area contributed by atoms with Crippen molar-refractivity contribution >= 4 is 17.3 Å². The van der Waals surface area contributed by atoms with Crippen LogP contribution in [0.1, 0.15) is 21.5 Å². The zero-order valence-corrected chi connectivity index (χ0v) is 10.8. The summed E-state index contributed by atoms with van der Waals surface area (Å²) in [4.78, 5) is 12.0. The quantitative estimate of drug-likeness (QED) is 0.812. The van der Waals surface area contributed by atoms with Gasteiger partial charge in [-0.05, 0) is 49.2 Å². The zero-order chi connectivity index (χ0) is 14.0. The maximum absolute atomic E-state index is 13.3. The number of anilines is 2. The number of benzene rings is 2. The van der Waals surface area contributed by atoms with Crippen LogP contribution in [0, 0.1) is 19.7 Å². The molecular formula is C15H15FN2O. The van der Waals surface area contributed by atoms with E-state index in [4.69, 9.17) is 5.73 Å². The molecule has 0 radical (unpaired) electrons. The van der Waals surface area contributed by atoms with Crippen molar-refractivity contribution in [1.29, 1.82) is 0 Å². The van der Waals surface area contributed by atoms with Crippen molar-refractivity contribution < 1.29 is 9.18 Å². The Labute approximate surface area is 111 Å². The molecule has 19 heavy (non-hydrogen) atoms. The summed E-state index contributed by atoms with van der Waals surface area (Å²) >= 11 is 0. The number of carbonyl (C=O) groups is 1. The fourth-order valence-corrected chi connectivity index (χ4v) is 1.73. The summed E-state index contributed by atoms with van der Waals surface area (Å²) in [7, 11) is 0. The molecule has 3 nitrogen and oxygen atoms in total. The number of nitrogens with one attached hydrogen (secondary N) is 1. The first-order valence-corrected chi connectivity index (χ1v) is 5.91. The average molecular weight is 258 g/mol. The number of rotatable bonds is 2. The van der Waals surface area contributed by atoms with Gasteiger partial charge in [-0.1, -0.05) is 12.1 Å². The SMILES string of the molecule is Cc1ccc(C)c(NC(=O)c2ccc(N)c(F)c2)c1. The van der Waals surface area contributed by atoms with Gasteiger partial charge < -0.3 is 11.1 Å². The largest absolute Gasteiger partial charge is 0.396 e. The fraction of sp³-hybridized carbons (Fsp3) is 0.133. The minimum atomic E-state index is -0.589. The zero-order valence-electron chi connectivity index (χ0n) is 10.8. The molecule has 0 fully saturated rings. The van der Waals surface area contributed by atoms with Crippen LogP contribution in [0.5, 0.6) is 0 Å². The maximum Gasteiger partial charge on any atom is 0.255 e. The highest BCUT2D eigenvalue weighted by Gasteiger charge is 2.10. The Hall–Kier alpha value is -2.36.